The van der Waals surface area contributed by atoms with Gasteiger partial charge in [-0.1, -0.05) is 13.8 Å². The summed E-state index contributed by atoms with van der Waals surface area (Å²) < 4.78 is 5.12. The topological polar surface area (TPSA) is 35.2 Å². The molecule has 16 heavy (non-hydrogen) atoms. The van der Waals surface area contributed by atoms with Crippen LogP contribution in [0.1, 0.15) is 30.0 Å². The Hall–Kier alpha value is -0.380. The quantitative estimate of drug-likeness (QED) is 0.796. The molecule has 92 valence electrons. The molecule has 0 aromatic carbocycles. The van der Waals surface area contributed by atoms with E-state index in [0.717, 1.165) is 25.9 Å². The zero-order valence-electron chi connectivity index (χ0n) is 10.5. The van der Waals surface area contributed by atoms with Gasteiger partial charge >= 0.3 is 0 Å². The molecule has 0 fully saturated rings. The maximum Gasteiger partial charge on any atom is 0.0488 e. The van der Waals surface area contributed by atoms with Gasteiger partial charge in [0.25, 0.3) is 0 Å². The lowest BCUT2D eigenvalue weighted by molar-refractivity contribution is 0.152. The van der Waals surface area contributed by atoms with E-state index in [1.807, 2.05) is 11.3 Å². The molecule has 0 aliphatic rings. The van der Waals surface area contributed by atoms with Gasteiger partial charge in [-0.05, 0) is 37.3 Å². The smallest absolute Gasteiger partial charge is 0.0488 e. The van der Waals surface area contributed by atoms with E-state index in [1.165, 1.54) is 9.75 Å². The van der Waals surface area contributed by atoms with Gasteiger partial charge in [0.15, 0.2) is 0 Å². The fraction of sp³-hybridized carbons (Fsp3) is 0.692. The summed E-state index contributed by atoms with van der Waals surface area (Å²) >= 11 is 1.89. The number of nitrogens with two attached hydrogens (primary N) is 1. The largest absolute Gasteiger partial charge is 0.384 e. The van der Waals surface area contributed by atoms with E-state index >= 15 is 0 Å². The first-order valence-corrected chi connectivity index (χ1v) is 6.79. The molecular weight excluding hydrogens is 218 g/mol. The van der Waals surface area contributed by atoms with Crippen LogP contribution in [0.25, 0.3) is 0 Å². The van der Waals surface area contributed by atoms with Crippen molar-refractivity contribution in [2.24, 2.45) is 11.7 Å². The van der Waals surface area contributed by atoms with Crippen LogP contribution in [-0.4, -0.2) is 19.8 Å². The molecular formula is C13H23NOS. The lowest BCUT2D eigenvalue weighted by Crippen LogP contribution is -2.26. The third-order valence-electron chi connectivity index (χ3n) is 2.69. The fourth-order valence-electron chi connectivity index (χ4n) is 1.93. The van der Waals surface area contributed by atoms with E-state index in [9.17, 15) is 0 Å². The molecule has 1 rings (SSSR count). The first-order chi connectivity index (χ1) is 7.65. The normalized spacial score (nSPS) is 15.0. The molecule has 0 amide bonds. The van der Waals surface area contributed by atoms with Crippen LogP contribution in [0.4, 0.5) is 0 Å². The number of hydrogen-bond donors (Lipinski definition) is 1. The summed E-state index contributed by atoms with van der Waals surface area (Å²) in [7, 11) is 1.74. The van der Waals surface area contributed by atoms with Gasteiger partial charge in [-0.15, -0.1) is 11.3 Å². The molecule has 2 nitrogen and oxygen atoms in total. The lowest BCUT2D eigenvalue weighted by atomic mass is 10.0. The van der Waals surface area contributed by atoms with E-state index in [-0.39, 0.29) is 6.04 Å². The maximum absolute atomic E-state index is 6.14. The molecule has 2 N–H and O–H groups in total. The van der Waals surface area contributed by atoms with Crippen LogP contribution in [0, 0.1) is 5.92 Å². The maximum atomic E-state index is 6.14. The summed E-state index contributed by atoms with van der Waals surface area (Å²) in [6, 6.07) is 4.68. The summed E-state index contributed by atoms with van der Waals surface area (Å²) in [4.78, 5) is 2.86. The summed E-state index contributed by atoms with van der Waals surface area (Å²) in [6.45, 7) is 5.18. The predicted octanol–water partition coefficient (Wildman–Crippen LogP) is 2.85. The molecule has 0 saturated heterocycles. The average Bonchev–Trinajstić information content (AvgIpc) is 2.65. The molecule has 0 aliphatic carbocycles. The summed E-state index contributed by atoms with van der Waals surface area (Å²) in [5, 5.41) is 0. The average molecular weight is 241 g/mol. The Morgan fingerprint density at radius 2 is 2.06 bits per heavy atom. The van der Waals surface area contributed by atoms with Crippen LogP contribution >= 0.6 is 11.3 Å². The van der Waals surface area contributed by atoms with Crippen LogP contribution in [-0.2, 0) is 17.6 Å². The monoisotopic (exact) mass is 241 g/mol. The Kier molecular flexibility index (Phi) is 6.03. The highest BCUT2D eigenvalue weighted by molar-refractivity contribution is 7.11. The molecule has 0 bridgehead atoms. The Morgan fingerprint density at radius 3 is 2.62 bits per heavy atom. The number of methoxy groups -OCH3 is 1. The molecule has 2 unspecified atom stereocenters. The molecule has 1 heterocycles. The Bertz CT molecular complexity index is 298. The summed E-state index contributed by atoms with van der Waals surface area (Å²) in [6.07, 6.45) is 3.16. The number of rotatable bonds is 7. The second-order valence-electron chi connectivity index (χ2n) is 4.48. The van der Waals surface area contributed by atoms with Gasteiger partial charge in [0, 0.05) is 29.5 Å². The van der Waals surface area contributed by atoms with Gasteiger partial charge in [0.2, 0.25) is 0 Å². The second-order valence-corrected chi connectivity index (χ2v) is 5.73. The molecule has 0 radical (unpaired) electrons. The molecule has 3 heteroatoms. The Morgan fingerprint density at radius 1 is 1.38 bits per heavy atom. The first kappa shape index (κ1) is 13.7. The van der Waals surface area contributed by atoms with Crippen LogP contribution in [0.3, 0.4) is 0 Å². The summed E-state index contributed by atoms with van der Waals surface area (Å²) in [5.41, 5.74) is 6.14. The Labute approximate surface area is 103 Å². The van der Waals surface area contributed by atoms with Crippen LogP contribution < -0.4 is 5.73 Å². The number of aryl methyl sites for hydroxylation is 1. The number of thiophene rings is 1. The van der Waals surface area contributed by atoms with Gasteiger partial charge in [-0.25, -0.2) is 0 Å². The van der Waals surface area contributed by atoms with Crippen molar-refractivity contribution >= 4 is 11.3 Å². The summed E-state index contributed by atoms with van der Waals surface area (Å²) in [5.74, 6) is 0.547. The van der Waals surface area contributed by atoms with Crippen molar-refractivity contribution in [3.05, 3.63) is 21.9 Å². The van der Waals surface area contributed by atoms with Crippen molar-refractivity contribution in [1.82, 2.24) is 0 Å². The highest BCUT2D eigenvalue weighted by Gasteiger charge is 2.10. The van der Waals surface area contributed by atoms with Gasteiger partial charge in [0.1, 0.15) is 0 Å². The van der Waals surface area contributed by atoms with E-state index in [1.54, 1.807) is 7.11 Å². The Balaban J connectivity index is 2.35. The minimum Gasteiger partial charge on any atom is -0.384 e. The van der Waals surface area contributed by atoms with Crippen molar-refractivity contribution in [1.29, 1.82) is 0 Å². The standard InChI is InChI=1S/C13H23NOS/c1-4-12-5-6-13(16-12)8-11(14)7-10(2)9-15-3/h5-6,10-11H,4,7-9,14H2,1-3H3. The van der Waals surface area contributed by atoms with Crippen LogP contribution in [0.2, 0.25) is 0 Å². The molecule has 2 atom stereocenters. The lowest BCUT2D eigenvalue weighted by Gasteiger charge is -2.15. The van der Waals surface area contributed by atoms with Crippen molar-refractivity contribution in [3.63, 3.8) is 0 Å². The molecule has 0 spiro atoms. The van der Waals surface area contributed by atoms with Gasteiger partial charge < -0.3 is 10.5 Å². The highest BCUT2D eigenvalue weighted by Crippen LogP contribution is 2.19. The predicted molar refractivity (Wildman–Crippen MR) is 71.0 cm³/mol. The van der Waals surface area contributed by atoms with Crippen molar-refractivity contribution in [2.75, 3.05) is 13.7 Å². The molecule has 1 aromatic rings. The molecule has 0 saturated carbocycles. The van der Waals surface area contributed by atoms with Crippen molar-refractivity contribution in [2.45, 2.75) is 39.2 Å². The van der Waals surface area contributed by atoms with E-state index in [0.29, 0.717) is 5.92 Å². The SMILES string of the molecule is CCc1ccc(CC(N)CC(C)COC)s1. The minimum atomic E-state index is 0.258. The zero-order valence-corrected chi connectivity index (χ0v) is 11.3. The van der Waals surface area contributed by atoms with Gasteiger partial charge in [0.05, 0.1) is 0 Å². The third-order valence-corrected chi connectivity index (χ3v) is 3.94. The number of hydrogen-bond acceptors (Lipinski definition) is 3. The number of ether oxygens (including phenoxy) is 1. The zero-order chi connectivity index (χ0) is 12.0. The highest BCUT2D eigenvalue weighted by atomic mass is 32.1. The van der Waals surface area contributed by atoms with Gasteiger partial charge in [-0.2, -0.15) is 0 Å². The van der Waals surface area contributed by atoms with Crippen molar-refractivity contribution < 1.29 is 4.74 Å². The second kappa shape index (κ2) is 7.05. The van der Waals surface area contributed by atoms with E-state index in [2.05, 4.69) is 26.0 Å². The van der Waals surface area contributed by atoms with Gasteiger partial charge in [-0.3, -0.25) is 0 Å². The fourth-order valence-corrected chi connectivity index (χ4v) is 2.98. The van der Waals surface area contributed by atoms with Crippen molar-refractivity contribution in [3.8, 4) is 0 Å². The van der Waals surface area contributed by atoms with Crippen LogP contribution in [0.5, 0.6) is 0 Å². The molecule has 1 aromatic heterocycles. The van der Waals surface area contributed by atoms with Crippen LogP contribution in [0.15, 0.2) is 12.1 Å². The van der Waals surface area contributed by atoms with E-state index in [4.69, 9.17) is 10.5 Å². The minimum absolute atomic E-state index is 0.258. The third kappa shape index (κ3) is 4.64. The van der Waals surface area contributed by atoms with E-state index < -0.39 is 0 Å². The first-order valence-electron chi connectivity index (χ1n) is 5.97. The molecule has 0 aliphatic heterocycles.